The summed E-state index contributed by atoms with van der Waals surface area (Å²) in [4.78, 5) is 16.9. The molecule has 2 amide bonds. The van der Waals surface area contributed by atoms with Crippen LogP contribution in [0, 0.1) is 0 Å². The lowest BCUT2D eigenvalue weighted by atomic mass is 9.94. The van der Waals surface area contributed by atoms with Crippen LogP contribution >= 0.6 is 11.6 Å². The van der Waals surface area contributed by atoms with Gasteiger partial charge in [-0.05, 0) is 85.5 Å². The number of carbonyl (C=O) groups excluding carboxylic acids is 1. The van der Waals surface area contributed by atoms with Crippen molar-refractivity contribution < 1.29 is 43.5 Å². The molecule has 4 atom stereocenters. The summed E-state index contributed by atoms with van der Waals surface area (Å²) in [5, 5.41) is 57.0. The molecule has 3 aromatic rings. The van der Waals surface area contributed by atoms with Gasteiger partial charge in [0.1, 0.15) is 24.1 Å². The fourth-order valence-corrected chi connectivity index (χ4v) is 7.91. The topological polar surface area (TPSA) is 214 Å². The normalized spacial score (nSPS) is 17.5. The van der Waals surface area contributed by atoms with E-state index in [-0.39, 0.29) is 36.2 Å². The Morgan fingerprint density at radius 1 is 1.04 bits per heavy atom. The number of halogens is 1. The monoisotopic (exact) mass is 775 g/mol. The fraction of sp³-hybridized carbons (Fsp3) is 0.514. The first-order chi connectivity index (χ1) is 25.4. The molecule has 0 spiro atoms. The number of pyridine rings is 1. The zero-order valence-electron chi connectivity index (χ0n) is 29.7. The lowest BCUT2D eigenvalue weighted by molar-refractivity contribution is -0.0902. The van der Waals surface area contributed by atoms with Crippen LogP contribution in [-0.2, 0) is 22.1 Å². The number of aliphatic hydroxyl groups is 5. The summed E-state index contributed by atoms with van der Waals surface area (Å²) in [5.74, 6) is 0.850. The number of aliphatic hydroxyl groups excluding tert-OH is 5. The maximum atomic E-state index is 13.8. The predicted octanol–water partition coefficient (Wildman–Crippen LogP) is 2.25. The van der Waals surface area contributed by atoms with Gasteiger partial charge >= 0.3 is 6.03 Å². The number of amides is 2. The van der Waals surface area contributed by atoms with Gasteiger partial charge < -0.3 is 46.2 Å². The molecular formula is C37H50ClN5O9S. The number of sulfonamides is 1. The Balaban J connectivity index is 1.17. The van der Waals surface area contributed by atoms with E-state index < -0.39 is 53.6 Å². The lowest BCUT2D eigenvalue weighted by Gasteiger charge is -2.28. The van der Waals surface area contributed by atoms with Crippen molar-refractivity contribution in [1.29, 1.82) is 0 Å². The van der Waals surface area contributed by atoms with Crippen LogP contribution in [0.25, 0.3) is 11.1 Å². The molecule has 2 fully saturated rings. The number of urea groups is 1. The average molecular weight is 776 g/mol. The number of aromatic nitrogens is 1. The maximum Gasteiger partial charge on any atom is 0.315 e. The summed E-state index contributed by atoms with van der Waals surface area (Å²) in [5.41, 5.74) is 3.41. The lowest BCUT2D eigenvalue weighted by Crippen LogP contribution is -2.56. The molecule has 1 heterocycles. The van der Waals surface area contributed by atoms with E-state index in [2.05, 4.69) is 27.0 Å². The molecule has 0 radical (unpaired) electrons. The second kappa shape index (κ2) is 18.3. The Hall–Kier alpha value is -3.38. The van der Waals surface area contributed by atoms with E-state index in [1.807, 2.05) is 30.5 Å². The van der Waals surface area contributed by atoms with Gasteiger partial charge in [-0.1, -0.05) is 36.7 Å². The fourth-order valence-electron chi connectivity index (χ4n) is 6.19. The van der Waals surface area contributed by atoms with E-state index in [0.717, 1.165) is 48.1 Å². The highest BCUT2D eigenvalue weighted by Crippen LogP contribution is 2.50. The van der Waals surface area contributed by atoms with Crippen molar-refractivity contribution in [3.63, 3.8) is 0 Å². The molecule has 0 saturated heterocycles. The molecular weight excluding hydrogens is 726 g/mol. The highest BCUT2D eigenvalue weighted by atomic mass is 35.5. The number of ether oxygens (including phenoxy) is 1. The number of hydrogen-bond acceptors (Lipinski definition) is 11. The summed E-state index contributed by atoms with van der Waals surface area (Å²) >= 11 is 6.62. The molecule has 53 heavy (non-hydrogen) atoms. The van der Waals surface area contributed by atoms with E-state index >= 15 is 0 Å². The highest BCUT2D eigenvalue weighted by molar-refractivity contribution is 7.89. The van der Waals surface area contributed by atoms with Crippen LogP contribution in [-0.4, -0.2) is 113 Å². The second-order valence-electron chi connectivity index (χ2n) is 13.5. The van der Waals surface area contributed by atoms with Gasteiger partial charge in [0.2, 0.25) is 10.0 Å². The molecule has 290 valence electrons. The third kappa shape index (κ3) is 10.2. The zero-order valence-corrected chi connectivity index (χ0v) is 31.3. The first kappa shape index (κ1) is 40.8. The molecule has 14 nitrogen and oxygen atoms in total. The van der Waals surface area contributed by atoms with Crippen molar-refractivity contribution in [1.82, 2.24) is 25.2 Å². The van der Waals surface area contributed by atoms with Crippen LogP contribution in [0.15, 0.2) is 65.8 Å². The van der Waals surface area contributed by atoms with Crippen LogP contribution in [0.4, 0.5) is 4.79 Å². The van der Waals surface area contributed by atoms with E-state index in [1.54, 1.807) is 25.3 Å². The Labute approximate surface area is 315 Å². The third-order valence-corrected chi connectivity index (χ3v) is 12.0. The van der Waals surface area contributed by atoms with Crippen LogP contribution in [0.1, 0.15) is 56.6 Å². The molecule has 2 saturated carbocycles. The van der Waals surface area contributed by atoms with Crippen molar-refractivity contribution >= 4 is 27.7 Å². The second-order valence-corrected chi connectivity index (χ2v) is 15.9. The number of benzene rings is 2. The number of hydrogen-bond donors (Lipinski definition) is 8. The van der Waals surface area contributed by atoms with E-state index in [0.29, 0.717) is 30.0 Å². The van der Waals surface area contributed by atoms with E-state index in [1.165, 1.54) is 10.4 Å². The SMILES string of the molecule is CCN(CCCCNC(=O)N[C@@H](CO)[C@@H](O)[C@H](O)C(O)CO)S(=O)(=O)c1ccc(Cl)c(CNC2(c3cnccc3-c3ccccc3OC3CC3)CC2)c1. The Bertz CT molecular complexity index is 1790. The largest absolute Gasteiger partial charge is 0.490 e. The molecule has 1 aromatic heterocycles. The molecule has 1 unspecified atom stereocenters. The van der Waals surface area contributed by atoms with Crippen LogP contribution < -0.4 is 20.7 Å². The number of carbonyl (C=O) groups is 1. The molecule has 8 N–H and O–H groups in total. The standard InChI is InChI=1S/C37H50ClN5O9S/c1-2-43(18-6-5-16-40-36(49)42-31(22-44)34(47)35(48)32(46)23-45)53(50,51)26-11-12-30(38)24(19-26)20-41-37(14-15-37)29-21-39-17-13-27(29)28-7-3-4-8-33(28)52-25-9-10-25/h3-4,7-8,11-13,17,19,21,25,31-32,34-35,41,44-48H,2,5-6,9-10,14-16,18,20,22-23H2,1H3,(H2,40,42,49)/t31-,32?,34+,35+/m0/s1. The van der Waals surface area contributed by atoms with Gasteiger partial charge in [0.05, 0.1) is 30.3 Å². The van der Waals surface area contributed by atoms with Gasteiger partial charge in [-0.2, -0.15) is 4.31 Å². The van der Waals surface area contributed by atoms with Crippen LogP contribution in [0.2, 0.25) is 5.02 Å². The average Bonchev–Trinajstić information content (AvgIpc) is 4.12. The molecule has 5 rings (SSSR count). The number of nitrogens with zero attached hydrogens (tertiary/aromatic N) is 2. The minimum atomic E-state index is -3.88. The summed E-state index contributed by atoms with van der Waals surface area (Å²) in [6.07, 6.45) is 3.48. The van der Waals surface area contributed by atoms with Gasteiger partial charge in [-0.25, -0.2) is 13.2 Å². The summed E-state index contributed by atoms with van der Waals surface area (Å²) in [7, 11) is -3.88. The molecule has 16 heteroatoms. The summed E-state index contributed by atoms with van der Waals surface area (Å²) in [6.45, 7) is 1.13. The number of rotatable bonds is 21. The van der Waals surface area contributed by atoms with Gasteiger partial charge in [0, 0.05) is 54.7 Å². The van der Waals surface area contributed by atoms with E-state index in [9.17, 15) is 33.6 Å². The third-order valence-electron chi connectivity index (χ3n) is 9.68. The number of unbranched alkanes of at least 4 members (excludes halogenated alkanes) is 1. The molecule has 0 bridgehead atoms. The van der Waals surface area contributed by atoms with E-state index in [4.69, 9.17) is 21.4 Å². The Morgan fingerprint density at radius 3 is 2.47 bits per heavy atom. The summed E-state index contributed by atoms with van der Waals surface area (Å²) < 4.78 is 35.1. The summed E-state index contributed by atoms with van der Waals surface area (Å²) in [6, 6.07) is 12.7. The van der Waals surface area contributed by atoms with Crippen LogP contribution in [0.3, 0.4) is 0 Å². The minimum Gasteiger partial charge on any atom is -0.490 e. The Morgan fingerprint density at radius 2 is 1.79 bits per heavy atom. The molecule has 2 aliphatic rings. The van der Waals surface area contributed by atoms with Gasteiger partial charge in [-0.15, -0.1) is 0 Å². The van der Waals surface area contributed by atoms with Crippen LogP contribution in [0.5, 0.6) is 5.75 Å². The Kier molecular flexibility index (Phi) is 14.1. The molecule has 0 aliphatic heterocycles. The minimum absolute atomic E-state index is 0.123. The quantitative estimate of drug-likeness (QED) is 0.0735. The number of nitrogens with one attached hydrogen (secondary N) is 3. The van der Waals surface area contributed by atoms with Gasteiger partial charge in [0.25, 0.3) is 0 Å². The predicted molar refractivity (Wildman–Crippen MR) is 199 cm³/mol. The molecule has 2 aromatic carbocycles. The number of para-hydroxylation sites is 1. The van der Waals surface area contributed by atoms with Crippen molar-refractivity contribution in [2.24, 2.45) is 0 Å². The highest BCUT2D eigenvalue weighted by Gasteiger charge is 2.46. The first-order valence-corrected chi connectivity index (χ1v) is 19.8. The van der Waals surface area contributed by atoms with Crippen molar-refractivity contribution in [2.45, 2.75) is 92.9 Å². The van der Waals surface area contributed by atoms with Gasteiger partial charge in [0.15, 0.2) is 0 Å². The van der Waals surface area contributed by atoms with Gasteiger partial charge in [-0.3, -0.25) is 4.98 Å². The first-order valence-electron chi connectivity index (χ1n) is 18.0. The smallest absolute Gasteiger partial charge is 0.315 e. The van der Waals surface area contributed by atoms with Crippen molar-refractivity contribution in [3.05, 3.63) is 77.1 Å². The van der Waals surface area contributed by atoms with Crippen molar-refractivity contribution in [2.75, 3.05) is 32.8 Å². The van der Waals surface area contributed by atoms with Crippen molar-refractivity contribution in [3.8, 4) is 16.9 Å². The maximum absolute atomic E-state index is 13.8. The zero-order chi connectivity index (χ0) is 38.2. The molecule has 2 aliphatic carbocycles.